The van der Waals surface area contributed by atoms with E-state index in [9.17, 15) is 0 Å². The fourth-order valence-corrected chi connectivity index (χ4v) is 2.05. The number of hydrogen-bond donors (Lipinski definition) is 1. The summed E-state index contributed by atoms with van der Waals surface area (Å²) in [5.74, 6) is 0. The molecule has 2 heteroatoms. The van der Waals surface area contributed by atoms with E-state index in [0.29, 0.717) is 0 Å². The average molecular weight is 233 g/mol. The molecule has 0 aliphatic heterocycles. The number of rotatable bonds is 5. The van der Waals surface area contributed by atoms with E-state index in [1.54, 1.807) is 0 Å². The predicted molar refractivity (Wildman–Crippen MR) is 73.8 cm³/mol. The fraction of sp³-hybridized carbons (Fsp3) is 0.467. The molecule has 0 amide bonds. The smallest absolute Gasteiger partial charge is 0.124 e. The van der Waals surface area contributed by atoms with Crippen LogP contribution in [0.5, 0.6) is 0 Å². The number of aryl methyl sites for hydroxylation is 2. The van der Waals surface area contributed by atoms with Crippen LogP contribution in [0, 0.1) is 13.8 Å². The van der Waals surface area contributed by atoms with Crippen LogP contribution in [0.2, 0.25) is 0 Å². The van der Waals surface area contributed by atoms with Crippen molar-refractivity contribution in [3.63, 3.8) is 0 Å². The Bertz CT molecular complexity index is 376. The van der Waals surface area contributed by atoms with Crippen molar-refractivity contribution in [2.24, 2.45) is 0 Å². The lowest BCUT2D eigenvalue weighted by molar-refractivity contribution is 0.0642. The summed E-state index contributed by atoms with van der Waals surface area (Å²) in [6.45, 7) is 11.1. The summed E-state index contributed by atoms with van der Waals surface area (Å²) < 4.78 is 5.52. The zero-order valence-corrected chi connectivity index (χ0v) is 11.5. The van der Waals surface area contributed by atoms with Crippen molar-refractivity contribution in [1.82, 2.24) is 5.32 Å². The summed E-state index contributed by atoms with van der Waals surface area (Å²) in [6, 6.07) is 6.37. The number of benzene rings is 1. The molecule has 94 valence electrons. The molecule has 0 heterocycles. The Labute approximate surface area is 105 Å². The van der Waals surface area contributed by atoms with Gasteiger partial charge in [-0.1, -0.05) is 24.3 Å². The first-order valence-corrected chi connectivity index (χ1v) is 6.21. The molecule has 1 atom stereocenters. The lowest BCUT2D eigenvalue weighted by Gasteiger charge is -2.20. The van der Waals surface area contributed by atoms with Crippen LogP contribution in [0.3, 0.4) is 0 Å². The highest BCUT2D eigenvalue weighted by Crippen LogP contribution is 2.21. The summed E-state index contributed by atoms with van der Waals surface area (Å²) in [5.41, 5.74) is 4.99. The lowest BCUT2D eigenvalue weighted by atomic mass is 9.99. The molecule has 0 aromatic heterocycles. The Hall–Kier alpha value is -1.28. The SMILES string of the molecule is C/C=C(\NC(C)OCC)c1c(C)cccc1C. The van der Waals surface area contributed by atoms with Gasteiger partial charge in [0.15, 0.2) is 0 Å². The molecule has 0 fully saturated rings. The van der Waals surface area contributed by atoms with Crippen molar-refractivity contribution >= 4 is 5.70 Å². The lowest BCUT2D eigenvalue weighted by Crippen LogP contribution is -2.27. The molecule has 0 radical (unpaired) electrons. The second-order valence-electron chi connectivity index (χ2n) is 4.21. The molecule has 1 unspecified atom stereocenters. The van der Waals surface area contributed by atoms with E-state index in [1.807, 2.05) is 20.8 Å². The summed E-state index contributed by atoms with van der Waals surface area (Å²) in [7, 11) is 0. The van der Waals surface area contributed by atoms with Crippen LogP contribution in [0.4, 0.5) is 0 Å². The number of allylic oxidation sites excluding steroid dienone is 1. The van der Waals surface area contributed by atoms with Gasteiger partial charge in [0.25, 0.3) is 0 Å². The second-order valence-corrected chi connectivity index (χ2v) is 4.21. The van der Waals surface area contributed by atoms with Crippen LogP contribution in [-0.4, -0.2) is 12.8 Å². The maximum absolute atomic E-state index is 5.52. The van der Waals surface area contributed by atoms with Gasteiger partial charge in [-0.2, -0.15) is 0 Å². The van der Waals surface area contributed by atoms with Crippen molar-refractivity contribution in [3.8, 4) is 0 Å². The maximum Gasteiger partial charge on any atom is 0.124 e. The second kappa shape index (κ2) is 6.45. The highest BCUT2D eigenvalue weighted by Gasteiger charge is 2.09. The normalized spacial score (nSPS) is 13.6. The largest absolute Gasteiger partial charge is 0.360 e. The molecule has 0 aliphatic rings. The monoisotopic (exact) mass is 233 g/mol. The zero-order chi connectivity index (χ0) is 12.8. The van der Waals surface area contributed by atoms with Gasteiger partial charge >= 0.3 is 0 Å². The molecule has 0 spiro atoms. The van der Waals surface area contributed by atoms with Crippen LogP contribution in [0.15, 0.2) is 24.3 Å². The van der Waals surface area contributed by atoms with Gasteiger partial charge in [-0.05, 0) is 45.7 Å². The third-order valence-corrected chi connectivity index (χ3v) is 2.81. The van der Waals surface area contributed by atoms with Gasteiger partial charge in [0.1, 0.15) is 6.23 Å². The number of ether oxygens (including phenoxy) is 1. The molecule has 0 saturated carbocycles. The third kappa shape index (κ3) is 3.60. The minimum Gasteiger partial charge on any atom is -0.360 e. The molecule has 0 aliphatic carbocycles. The number of nitrogens with one attached hydrogen (secondary N) is 1. The van der Waals surface area contributed by atoms with Crippen molar-refractivity contribution in [2.75, 3.05) is 6.61 Å². The van der Waals surface area contributed by atoms with Gasteiger partial charge in [-0.15, -0.1) is 0 Å². The predicted octanol–water partition coefficient (Wildman–Crippen LogP) is 3.64. The minimum atomic E-state index is 0.0326. The van der Waals surface area contributed by atoms with Gasteiger partial charge < -0.3 is 10.1 Å². The third-order valence-electron chi connectivity index (χ3n) is 2.81. The van der Waals surface area contributed by atoms with Gasteiger partial charge in [0.2, 0.25) is 0 Å². The quantitative estimate of drug-likeness (QED) is 0.784. The van der Waals surface area contributed by atoms with Crippen LogP contribution in [0.25, 0.3) is 5.70 Å². The molecule has 2 nitrogen and oxygen atoms in total. The van der Waals surface area contributed by atoms with Gasteiger partial charge in [0, 0.05) is 17.9 Å². The van der Waals surface area contributed by atoms with E-state index >= 15 is 0 Å². The molecule has 1 N–H and O–H groups in total. The van der Waals surface area contributed by atoms with E-state index in [0.717, 1.165) is 12.3 Å². The van der Waals surface area contributed by atoms with E-state index in [4.69, 9.17) is 4.74 Å². The van der Waals surface area contributed by atoms with E-state index in [-0.39, 0.29) is 6.23 Å². The van der Waals surface area contributed by atoms with Crippen LogP contribution < -0.4 is 5.32 Å². The zero-order valence-electron chi connectivity index (χ0n) is 11.5. The van der Waals surface area contributed by atoms with Crippen molar-refractivity contribution in [3.05, 3.63) is 41.0 Å². The topological polar surface area (TPSA) is 21.3 Å². The Morgan fingerprint density at radius 1 is 1.35 bits per heavy atom. The Balaban J connectivity index is 2.95. The van der Waals surface area contributed by atoms with Gasteiger partial charge in [-0.25, -0.2) is 0 Å². The van der Waals surface area contributed by atoms with Crippen LogP contribution in [0.1, 0.15) is 37.5 Å². The van der Waals surface area contributed by atoms with Crippen LogP contribution >= 0.6 is 0 Å². The Morgan fingerprint density at radius 3 is 2.41 bits per heavy atom. The molecule has 1 rings (SSSR count). The van der Waals surface area contributed by atoms with Crippen molar-refractivity contribution < 1.29 is 4.74 Å². The summed E-state index contributed by atoms with van der Waals surface area (Å²) >= 11 is 0. The Morgan fingerprint density at radius 2 is 1.94 bits per heavy atom. The Kier molecular flexibility index (Phi) is 5.23. The highest BCUT2D eigenvalue weighted by molar-refractivity contribution is 5.69. The molecular formula is C15H23NO. The van der Waals surface area contributed by atoms with Crippen molar-refractivity contribution in [2.45, 2.75) is 40.8 Å². The first kappa shape index (κ1) is 13.8. The number of hydrogen-bond acceptors (Lipinski definition) is 2. The highest BCUT2D eigenvalue weighted by atomic mass is 16.5. The van der Waals surface area contributed by atoms with E-state index in [1.165, 1.54) is 16.7 Å². The summed E-state index contributed by atoms with van der Waals surface area (Å²) in [5, 5.41) is 3.40. The molecule has 0 saturated heterocycles. The average Bonchev–Trinajstić information content (AvgIpc) is 2.27. The van der Waals surface area contributed by atoms with Gasteiger partial charge in [0.05, 0.1) is 0 Å². The summed E-state index contributed by atoms with van der Waals surface area (Å²) in [6.07, 6.45) is 2.13. The van der Waals surface area contributed by atoms with Gasteiger partial charge in [-0.3, -0.25) is 0 Å². The minimum absolute atomic E-state index is 0.0326. The summed E-state index contributed by atoms with van der Waals surface area (Å²) in [4.78, 5) is 0. The fourth-order valence-electron chi connectivity index (χ4n) is 2.05. The van der Waals surface area contributed by atoms with Crippen LogP contribution in [-0.2, 0) is 4.74 Å². The van der Waals surface area contributed by atoms with E-state index < -0.39 is 0 Å². The molecule has 17 heavy (non-hydrogen) atoms. The maximum atomic E-state index is 5.52. The standard InChI is InChI=1S/C15H23NO/c1-6-14(16-13(5)17-7-2)15-11(3)9-8-10-12(15)4/h6,8-10,13,16H,7H2,1-5H3/b14-6-. The first-order valence-electron chi connectivity index (χ1n) is 6.21. The van der Waals surface area contributed by atoms with E-state index in [2.05, 4.69) is 43.4 Å². The molecule has 1 aromatic carbocycles. The molecule has 1 aromatic rings. The first-order chi connectivity index (χ1) is 8.10. The molecule has 0 bridgehead atoms. The van der Waals surface area contributed by atoms with Crippen molar-refractivity contribution in [1.29, 1.82) is 0 Å². The molecular weight excluding hydrogens is 210 g/mol.